The summed E-state index contributed by atoms with van der Waals surface area (Å²) in [6.07, 6.45) is 0. The Kier molecular flexibility index (Phi) is 3.49. The second-order valence-electron chi connectivity index (χ2n) is 5.64. The minimum Gasteiger partial charge on any atom is -0.481 e. The van der Waals surface area contributed by atoms with E-state index in [1.807, 2.05) is 12.1 Å². The van der Waals surface area contributed by atoms with Gasteiger partial charge in [0.05, 0.1) is 23.5 Å². The highest BCUT2D eigenvalue weighted by Gasteiger charge is 2.65. The molecule has 1 saturated carbocycles. The van der Waals surface area contributed by atoms with E-state index in [1.54, 1.807) is 32.0 Å². The van der Waals surface area contributed by atoms with E-state index < -0.39 is 23.2 Å². The van der Waals surface area contributed by atoms with Crippen LogP contribution in [-0.4, -0.2) is 17.0 Å². The molecule has 5 nitrogen and oxygen atoms in total. The quantitative estimate of drug-likeness (QED) is 0.869. The number of nitrogens with zero attached hydrogens (tertiary/aromatic N) is 1. The lowest BCUT2D eigenvalue weighted by Gasteiger charge is -2.06. The second-order valence-corrected chi connectivity index (χ2v) is 5.64. The molecule has 0 radical (unpaired) electrons. The van der Waals surface area contributed by atoms with Gasteiger partial charge in [0.25, 0.3) is 0 Å². The lowest BCUT2D eigenvalue weighted by atomic mass is 10.1. The number of carboxylic acid groups (broad SMARTS) is 1. The Balaban J connectivity index is 1.97. The molecule has 0 saturated heterocycles. The molecule has 20 heavy (non-hydrogen) atoms. The molecule has 2 atom stereocenters. The first kappa shape index (κ1) is 14.1. The highest BCUT2D eigenvalue weighted by molar-refractivity contribution is 5.91. The smallest absolute Gasteiger partial charge is 0.307 e. The molecule has 1 fully saturated rings. The Morgan fingerprint density at radius 1 is 1.40 bits per heavy atom. The average molecular weight is 272 g/mol. The first-order chi connectivity index (χ1) is 9.37. The van der Waals surface area contributed by atoms with Crippen LogP contribution in [0.5, 0.6) is 0 Å². The predicted octanol–water partition coefficient (Wildman–Crippen LogP) is 1.53. The van der Waals surface area contributed by atoms with Crippen LogP contribution < -0.4 is 5.32 Å². The number of amides is 1. The fourth-order valence-corrected chi connectivity index (χ4v) is 2.64. The Hall–Kier alpha value is -2.35. The highest BCUT2D eigenvalue weighted by atomic mass is 16.4. The van der Waals surface area contributed by atoms with E-state index in [4.69, 9.17) is 10.4 Å². The third-order valence-electron chi connectivity index (χ3n) is 3.90. The fourth-order valence-electron chi connectivity index (χ4n) is 2.64. The predicted molar refractivity (Wildman–Crippen MR) is 71.4 cm³/mol. The number of rotatable bonds is 4. The first-order valence-electron chi connectivity index (χ1n) is 6.37. The van der Waals surface area contributed by atoms with Gasteiger partial charge in [-0.15, -0.1) is 0 Å². The van der Waals surface area contributed by atoms with Crippen molar-refractivity contribution in [1.82, 2.24) is 5.32 Å². The number of carbonyl (C=O) groups excluding carboxylic acids is 1. The molecular weight excluding hydrogens is 256 g/mol. The minimum atomic E-state index is -0.929. The largest absolute Gasteiger partial charge is 0.481 e. The normalized spacial score (nSPS) is 22.6. The van der Waals surface area contributed by atoms with E-state index >= 15 is 0 Å². The molecule has 1 aliphatic rings. The van der Waals surface area contributed by atoms with Crippen LogP contribution in [0.1, 0.15) is 25.0 Å². The molecule has 1 aromatic carbocycles. The summed E-state index contributed by atoms with van der Waals surface area (Å²) in [6, 6.07) is 8.99. The standard InChI is InChI=1S/C15H16N2O3/c1-15(2)11(12(15)14(19)20)13(18)17-8-10-5-3-4-9(6-10)7-16/h3-6,11-12H,8H2,1-2H3,(H,17,18)(H,19,20)/t11-,12+/m1/s1. The molecule has 0 unspecified atom stereocenters. The summed E-state index contributed by atoms with van der Waals surface area (Å²) in [5, 5.41) is 20.6. The number of nitriles is 1. The maximum Gasteiger partial charge on any atom is 0.307 e. The van der Waals surface area contributed by atoms with Gasteiger partial charge in [-0.1, -0.05) is 26.0 Å². The lowest BCUT2D eigenvalue weighted by Crippen LogP contribution is -2.26. The molecule has 0 spiro atoms. The van der Waals surface area contributed by atoms with Gasteiger partial charge in [0.2, 0.25) is 5.91 Å². The zero-order chi connectivity index (χ0) is 14.9. The van der Waals surface area contributed by atoms with E-state index in [-0.39, 0.29) is 5.91 Å². The number of aliphatic carboxylic acids is 1. The first-order valence-corrected chi connectivity index (χ1v) is 6.37. The van der Waals surface area contributed by atoms with Gasteiger partial charge in [0.1, 0.15) is 0 Å². The molecule has 0 aromatic heterocycles. The molecule has 0 bridgehead atoms. The van der Waals surface area contributed by atoms with E-state index in [1.165, 1.54) is 0 Å². The van der Waals surface area contributed by atoms with Crippen molar-refractivity contribution in [2.45, 2.75) is 20.4 Å². The summed E-state index contributed by atoms with van der Waals surface area (Å²) >= 11 is 0. The summed E-state index contributed by atoms with van der Waals surface area (Å²) in [5.41, 5.74) is 0.861. The number of nitrogens with one attached hydrogen (secondary N) is 1. The molecule has 0 heterocycles. The van der Waals surface area contributed by atoms with Crippen LogP contribution >= 0.6 is 0 Å². The SMILES string of the molecule is CC1(C)[C@H](C(=O)O)[C@@H]1C(=O)NCc1cccc(C#N)c1. The molecule has 2 N–H and O–H groups in total. The molecular formula is C15H16N2O3. The number of benzene rings is 1. The molecule has 5 heteroatoms. The van der Waals surface area contributed by atoms with E-state index in [0.717, 1.165) is 5.56 Å². The average Bonchev–Trinajstić information content (AvgIpc) is 2.99. The van der Waals surface area contributed by atoms with Crippen LogP contribution in [-0.2, 0) is 16.1 Å². The van der Waals surface area contributed by atoms with Gasteiger partial charge in [-0.2, -0.15) is 5.26 Å². The number of carbonyl (C=O) groups is 2. The van der Waals surface area contributed by atoms with Crippen molar-refractivity contribution in [3.63, 3.8) is 0 Å². The molecule has 2 rings (SSSR count). The topological polar surface area (TPSA) is 90.2 Å². The zero-order valence-electron chi connectivity index (χ0n) is 11.4. The molecule has 1 aliphatic carbocycles. The van der Waals surface area contributed by atoms with Gasteiger partial charge in [-0.3, -0.25) is 9.59 Å². The summed E-state index contributed by atoms with van der Waals surface area (Å²) in [4.78, 5) is 23.1. The Morgan fingerprint density at radius 2 is 2.10 bits per heavy atom. The van der Waals surface area contributed by atoms with Crippen LogP contribution in [0.3, 0.4) is 0 Å². The Morgan fingerprint density at radius 3 is 2.65 bits per heavy atom. The third-order valence-corrected chi connectivity index (χ3v) is 3.90. The molecule has 0 aliphatic heterocycles. The zero-order valence-corrected chi connectivity index (χ0v) is 11.4. The van der Waals surface area contributed by atoms with Crippen molar-refractivity contribution in [1.29, 1.82) is 5.26 Å². The number of hydrogen-bond acceptors (Lipinski definition) is 3. The fraction of sp³-hybridized carbons (Fsp3) is 0.400. The van der Waals surface area contributed by atoms with Crippen molar-refractivity contribution in [2.75, 3.05) is 0 Å². The van der Waals surface area contributed by atoms with E-state index in [2.05, 4.69) is 5.32 Å². The Bertz CT molecular complexity index is 601. The van der Waals surface area contributed by atoms with Gasteiger partial charge >= 0.3 is 5.97 Å². The van der Waals surface area contributed by atoms with Crippen molar-refractivity contribution in [2.24, 2.45) is 17.3 Å². The Labute approximate surface area is 117 Å². The maximum atomic E-state index is 12.0. The van der Waals surface area contributed by atoms with E-state index in [0.29, 0.717) is 12.1 Å². The van der Waals surface area contributed by atoms with Crippen molar-refractivity contribution >= 4 is 11.9 Å². The molecule has 104 valence electrons. The van der Waals surface area contributed by atoms with Crippen LogP contribution in [0, 0.1) is 28.6 Å². The summed E-state index contributed by atoms with van der Waals surface area (Å²) < 4.78 is 0. The van der Waals surface area contributed by atoms with Crippen LogP contribution in [0.25, 0.3) is 0 Å². The van der Waals surface area contributed by atoms with Gasteiger partial charge in [-0.05, 0) is 23.1 Å². The van der Waals surface area contributed by atoms with Crippen LogP contribution in [0.2, 0.25) is 0 Å². The lowest BCUT2D eigenvalue weighted by molar-refractivity contribution is -0.140. The van der Waals surface area contributed by atoms with Gasteiger partial charge in [0.15, 0.2) is 0 Å². The summed E-state index contributed by atoms with van der Waals surface area (Å²) in [6.45, 7) is 3.87. The second kappa shape index (κ2) is 4.97. The number of hydrogen-bond donors (Lipinski definition) is 2. The van der Waals surface area contributed by atoms with Crippen molar-refractivity contribution < 1.29 is 14.7 Å². The van der Waals surface area contributed by atoms with Crippen LogP contribution in [0.15, 0.2) is 24.3 Å². The van der Waals surface area contributed by atoms with E-state index in [9.17, 15) is 9.59 Å². The molecule has 1 aromatic rings. The monoisotopic (exact) mass is 272 g/mol. The molecule has 1 amide bonds. The maximum absolute atomic E-state index is 12.0. The van der Waals surface area contributed by atoms with Crippen LogP contribution in [0.4, 0.5) is 0 Å². The number of carboxylic acids is 1. The van der Waals surface area contributed by atoms with Gasteiger partial charge in [0, 0.05) is 6.54 Å². The van der Waals surface area contributed by atoms with Gasteiger partial charge in [-0.25, -0.2) is 0 Å². The summed E-state index contributed by atoms with van der Waals surface area (Å²) in [7, 11) is 0. The third kappa shape index (κ3) is 2.50. The van der Waals surface area contributed by atoms with Gasteiger partial charge < -0.3 is 10.4 Å². The van der Waals surface area contributed by atoms with Crippen molar-refractivity contribution in [3.05, 3.63) is 35.4 Å². The van der Waals surface area contributed by atoms with Crippen molar-refractivity contribution in [3.8, 4) is 6.07 Å². The minimum absolute atomic E-state index is 0.246. The highest BCUT2D eigenvalue weighted by Crippen LogP contribution is 2.58. The summed E-state index contributed by atoms with van der Waals surface area (Å²) in [5.74, 6) is -2.28.